The second kappa shape index (κ2) is 7.25. The van der Waals surface area contributed by atoms with Gasteiger partial charge in [-0.3, -0.25) is 14.5 Å². The molecule has 1 aliphatic heterocycles. The average molecular weight is 296 g/mol. The summed E-state index contributed by atoms with van der Waals surface area (Å²) in [5.74, 6) is -1.49. The highest BCUT2D eigenvalue weighted by molar-refractivity contribution is 5.85. The fourth-order valence-electron chi connectivity index (χ4n) is 3.94. The van der Waals surface area contributed by atoms with Crippen LogP contribution in [0, 0.1) is 11.8 Å². The predicted molar refractivity (Wildman–Crippen MR) is 81.0 cm³/mol. The largest absolute Gasteiger partial charge is 0.481 e. The first kappa shape index (κ1) is 16.3. The van der Waals surface area contributed by atoms with Crippen LogP contribution >= 0.6 is 0 Å². The van der Waals surface area contributed by atoms with Gasteiger partial charge >= 0.3 is 5.97 Å². The number of likely N-dealkylation sites (tertiary alicyclic amines) is 1. The molecule has 0 aromatic rings. The van der Waals surface area contributed by atoms with E-state index in [1.807, 2.05) is 4.90 Å². The number of carboxylic acids is 1. The van der Waals surface area contributed by atoms with E-state index in [0.717, 1.165) is 51.9 Å². The van der Waals surface area contributed by atoms with Crippen LogP contribution in [0.2, 0.25) is 0 Å². The summed E-state index contributed by atoms with van der Waals surface area (Å²) in [5.41, 5.74) is 0. The van der Waals surface area contributed by atoms with Crippen LogP contribution in [-0.2, 0) is 9.59 Å². The van der Waals surface area contributed by atoms with E-state index in [1.54, 1.807) is 0 Å². The highest BCUT2D eigenvalue weighted by Gasteiger charge is 2.40. The second-order valence-corrected chi connectivity index (χ2v) is 6.28. The van der Waals surface area contributed by atoms with Gasteiger partial charge in [0.1, 0.15) is 0 Å². The topological polar surface area (TPSA) is 60.9 Å². The molecule has 5 heteroatoms. The average Bonchev–Trinajstić information content (AvgIpc) is 2.97. The number of rotatable bonds is 5. The van der Waals surface area contributed by atoms with Crippen molar-refractivity contribution in [3.63, 3.8) is 0 Å². The van der Waals surface area contributed by atoms with Crippen LogP contribution in [0.25, 0.3) is 0 Å². The Morgan fingerprint density at radius 2 is 1.71 bits per heavy atom. The number of carboxylic acid groups (broad SMARTS) is 1. The lowest BCUT2D eigenvalue weighted by atomic mass is 9.78. The predicted octanol–water partition coefficient (Wildman–Crippen LogP) is 1.82. The van der Waals surface area contributed by atoms with Crippen LogP contribution in [0.15, 0.2) is 0 Å². The molecule has 1 aliphatic carbocycles. The van der Waals surface area contributed by atoms with Crippen molar-refractivity contribution in [3.8, 4) is 0 Å². The normalized spacial score (nSPS) is 29.9. The van der Waals surface area contributed by atoms with Gasteiger partial charge in [0, 0.05) is 19.1 Å². The lowest BCUT2D eigenvalue weighted by Gasteiger charge is -2.31. The van der Waals surface area contributed by atoms with Gasteiger partial charge in [0.25, 0.3) is 0 Å². The summed E-state index contributed by atoms with van der Waals surface area (Å²) in [7, 11) is 0. The summed E-state index contributed by atoms with van der Waals surface area (Å²) in [4.78, 5) is 28.4. The van der Waals surface area contributed by atoms with E-state index >= 15 is 0 Å². The maximum Gasteiger partial charge on any atom is 0.307 e. The number of amides is 1. The van der Waals surface area contributed by atoms with E-state index in [1.165, 1.54) is 0 Å². The number of carbonyl (C=O) groups is 2. The van der Waals surface area contributed by atoms with E-state index < -0.39 is 11.9 Å². The van der Waals surface area contributed by atoms with Crippen molar-refractivity contribution in [1.82, 2.24) is 9.80 Å². The molecule has 3 atom stereocenters. The van der Waals surface area contributed by atoms with Crippen molar-refractivity contribution < 1.29 is 14.7 Å². The van der Waals surface area contributed by atoms with Gasteiger partial charge in [0.05, 0.1) is 11.8 Å². The summed E-state index contributed by atoms with van der Waals surface area (Å²) >= 11 is 0. The van der Waals surface area contributed by atoms with E-state index in [9.17, 15) is 14.7 Å². The van der Waals surface area contributed by atoms with Crippen LogP contribution in [0.4, 0.5) is 0 Å². The van der Waals surface area contributed by atoms with Gasteiger partial charge in [-0.25, -0.2) is 0 Å². The molecule has 5 nitrogen and oxygen atoms in total. The molecule has 2 fully saturated rings. The third-order valence-corrected chi connectivity index (χ3v) is 5.20. The lowest BCUT2D eigenvalue weighted by molar-refractivity contribution is -0.152. The molecule has 0 bridgehead atoms. The molecule has 1 amide bonds. The Morgan fingerprint density at radius 3 is 2.29 bits per heavy atom. The maximum absolute atomic E-state index is 12.7. The van der Waals surface area contributed by atoms with Gasteiger partial charge < -0.3 is 10.0 Å². The fourth-order valence-corrected chi connectivity index (χ4v) is 3.94. The van der Waals surface area contributed by atoms with Crippen LogP contribution in [0.3, 0.4) is 0 Å². The molecular formula is C16H28N2O3. The number of nitrogens with zero attached hydrogens (tertiary/aromatic N) is 2. The maximum atomic E-state index is 12.7. The third-order valence-electron chi connectivity index (χ3n) is 5.20. The standard InChI is InChI=1S/C16H28N2O3/c1-3-17(4-2)12-9-10-18(11-12)15(19)13-7-5-6-8-14(13)16(20)21/h12-14H,3-11H2,1-2H3,(H,20,21). The molecule has 2 rings (SSSR count). The lowest BCUT2D eigenvalue weighted by Crippen LogP contribution is -2.43. The van der Waals surface area contributed by atoms with Gasteiger partial charge in [-0.1, -0.05) is 26.7 Å². The van der Waals surface area contributed by atoms with E-state index in [4.69, 9.17) is 0 Å². The molecule has 1 saturated heterocycles. The SMILES string of the molecule is CCN(CC)C1CCN(C(=O)C2CCCCC2C(=O)O)C1. The molecular weight excluding hydrogens is 268 g/mol. The number of carbonyl (C=O) groups excluding carboxylic acids is 1. The van der Waals surface area contributed by atoms with Gasteiger partial charge in [-0.15, -0.1) is 0 Å². The summed E-state index contributed by atoms with van der Waals surface area (Å²) in [6.45, 7) is 7.85. The highest BCUT2D eigenvalue weighted by atomic mass is 16.4. The number of hydrogen-bond acceptors (Lipinski definition) is 3. The smallest absolute Gasteiger partial charge is 0.307 e. The molecule has 0 aromatic heterocycles. The number of aliphatic carboxylic acids is 1. The zero-order chi connectivity index (χ0) is 15.4. The number of hydrogen-bond donors (Lipinski definition) is 1. The Bertz CT molecular complexity index is 382. The molecule has 1 saturated carbocycles. The zero-order valence-corrected chi connectivity index (χ0v) is 13.3. The quantitative estimate of drug-likeness (QED) is 0.840. The van der Waals surface area contributed by atoms with Gasteiger partial charge in [-0.05, 0) is 32.4 Å². The zero-order valence-electron chi connectivity index (χ0n) is 13.3. The van der Waals surface area contributed by atoms with Crippen molar-refractivity contribution in [1.29, 1.82) is 0 Å². The second-order valence-electron chi connectivity index (χ2n) is 6.28. The van der Waals surface area contributed by atoms with Crippen molar-refractivity contribution in [2.24, 2.45) is 11.8 Å². The van der Waals surface area contributed by atoms with Crippen molar-refractivity contribution in [2.75, 3.05) is 26.2 Å². The van der Waals surface area contributed by atoms with Crippen LogP contribution in [0.1, 0.15) is 46.0 Å². The van der Waals surface area contributed by atoms with Gasteiger partial charge in [-0.2, -0.15) is 0 Å². The van der Waals surface area contributed by atoms with Crippen LogP contribution in [0.5, 0.6) is 0 Å². The molecule has 120 valence electrons. The molecule has 0 radical (unpaired) electrons. The Morgan fingerprint density at radius 1 is 1.10 bits per heavy atom. The summed E-state index contributed by atoms with van der Waals surface area (Å²) in [6.07, 6.45) is 4.31. The van der Waals surface area contributed by atoms with E-state index in [0.29, 0.717) is 12.5 Å². The fraction of sp³-hybridized carbons (Fsp3) is 0.875. The van der Waals surface area contributed by atoms with E-state index in [-0.39, 0.29) is 11.8 Å². The van der Waals surface area contributed by atoms with Crippen LogP contribution < -0.4 is 0 Å². The third kappa shape index (κ3) is 3.57. The highest BCUT2D eigenvalue weighted by Crippen LogP contribution is 2.32. The van der Waals surface area contributed by atoms with Gasteiger partial charge in [0.2, 0.25) is 5.91 Å². The first-order chi connectivity index (χ1) is 10.1. The minimum absolute atomic E-state index is 0.0803. The minimum atomic E-state index is -0.799. The van der Waals surface area contributed by atoms with E-state index in [2.05, 4.69) is 18.7 Å². The summed E-state index contributed by atoms with van der Waals surface area (Å²) < 4.78 is 0. The minimum Gasteiger partial charge on any atom is -0.481 e. The Balaban J connectivity index is 1.98. The molecule has 2 aliphatic rings. The molecule has 3 unspecified atom stereocenters. The molecule has 21 heavy (non-hydrogen) atoms. The Hall–Kier alpha value is -1.10. The van der Waals surface area contributed by atoms with Crippen molar-refractivity contribution >= 4 is 11.9 Å². The molecule has 0 aromatic carbocycles. The van der Waals surface area contributed by atoms with Gasteiger partial charge in [0.15, 0.2) is 0 Å². The molecule has 0 spiro atoms. The van der Waals surface area contributed by atoms with Crippen LogP contribution in [-0.4, -0.2) is 59.0 Å². The Kier molecular flexibility index (Phi) is 5.62. The first-order valence-electron chi connectivity index (χ1n) is 8.34. The molecule has 1 N–H and O–H groups in total. The summed E-state index contributed by atoms with van der Waals surface area (Å²) in [6, 6.07) is 0.441. The number of likely N-dealkylation sites (N-methyl/N-ethyl adjacent to an activating group) is 1. The Labute approximate surface area is 127 Å². The first-order valence-corrected chi connectivity index (χ1v) is 8.34. The monoisotopic (exact) mass is 296 g/mol. The molecule has 1 heterocycles. The summed E-state index contributed by atoms with van der Waals surface area (Å²) in [5, 5.41) is 9.34. The van der Waals surface area contributed by atoms with Crippen molar-refractivity contribution in [3.05, 3.63) is 0 Å². The van der Waals surface area contributed by atoms with Crippen molar-refractivity contribution in [2.45, 2.75) is 52.0 Å².